The molecule has 0 amide bonds. The zero-order valence-corrected chi connectivity index (χ0v) is 12.3. The van der Waals surface area contributed by atoms with Gasteiger partial charge in [-0.15, -0.1) is 0 Å². The Hall–Kier alpha value is -0.160. The maximum atomic E-state index is 6.26. The highest BCUT2D eigenvalue weighted by Gasteiger charge is 2.51. The van der Waals surface area contributed by atoms with Crippen molar-refractivity contribution in [3.63, 3.8) is 0 Å². The van der Waals surface area contributed by atoms with E-state index in [2.05, 4.69) is 9.80 Å². The van der Waals surface area contributed by atoms with Crippen LogP contribution in [-0.2, 0) is 4.74 Å². The molecule has 3 heterocycles. The summed E-state index contributed by atoms with van der Waals surface area (Å²) in [6.07, 6.45) is 6.56. The smallest absolute Gasteiger partial charge is 0.0498 e. The van der Waals surface area contributed by atoms with Crippen molar-refractivity contribution in [3.8, 4) is 0 Å². The lowest BCUT2D eigenvalue weighted by Crippen LogP contribution is -2.61. The van der Waals surface area contributed by atoms with E-state index < -0.39 is 0 Å². The monoisotopic (exact) mass is 267 g/mol. The number of fused-ring (bicyclic) bond motifs is 1. The number of piperidine rings is 1. The van der Waals surface area contributed by atoms with Crippen LogP contribution in [0.5, 0.6) is 0 Å². The molecule has 110 valence electrons. The van der Waals surface area contributed by atoms with Crippen molar-refractivity contribution in [2.75, 3.05) is 46.4 Å². The molecule has 4 nitrogen and oxygen atoms in total. The predicted molar refractivity (Wildman–Crippen MR) is 77.2 cm³/mol. The van der Waals surface area contributed by atoms with Gasteiger partial charge in [0.05, 0.1) is 0 Å². The van der Waals surface area contributed by atoms with E-state index in [1.54, 1.807) is 0 Å². The van der Waals surface area contributed by atoms with E-state index in [9.17, 15) is 0 Å². The van der Waals surface area contributed by atoms with Crippen LogP contribution in [0.1, 0.15) is 32.1 Å². The van der Waals surface area contributed by atoms with E-state index >= 15 is 0 Å². The molecular formula is C15H29N3O. The highest BCUT2D eigenvalue weighted by atomic mass is 16.5. The number of hydrogen-bond donors (Lipinski definition) is 1. The van der Waals surface area contributed by atoms with E-state index in [-0.39, 0.29) is 5.54 Å². The highest BCUT2D eigenvalue weighted by molar-refractivity contribution is 5.10. The first-order valence-electron chi connectivity index (χ1n) is 7.98. The maximum absolute atomic E-state index is 6.26. The van der Waals surface area contributed by atoms with Gasteiger partial charge < -0.3 is 10.5 Å². The summed E-state index contributed by atoms with van der Waals surface area (Å²) >= 11 is 0. The number of nitrogens with two attached hydrogens (primary N) is 1. The Morgan fingerprint density at radius 1 is 1.16 bits per heavy atom. The number of methoxy groups -OCH3 is 1. The minimum absolute atomic E-state index is 0.286. The summed E-state index contributed by atoms with van der Waals surface area (Å²) in [6, 6.07) is 0.733. The lowest BCUT2D eigenvalue weighted by molar-refractivity contribution is 0.0185. The van der Waals surface area contributed by atoms with Crippen LogP contribution in [0.15, 0.2) is 0 Å². The van der Waals surface area contributed by atoms with E-state index in [1.807, 2.05) is 7.11 Å². The maximum Gasteiger partial charge on any atom is 0.0498 e. The average molecular weight is 267 g/mol. The van der Waals surface area contributed by atoms with E-state index in [0.29, 0.717) is 0 Å². The average Bonchev–Trinajstić information content (AvgIpc) is 3.02. The van der Waals surface area contributed by atoms with Crippen molar-refractivity contribution < 1.29 is 4.74 Å². The van der Waals surface area contributed by atoms with Gasteiger partial charge in [-0.25, -0.2) is 0 Å². The highest BCUT2D eigenvalue weighted by Crippen LogP contribution is 2.41. The minimum Gasteiger partial charge on any atom is -0.384 e. The summed E-state index contributed by atoms with van der Waals surface area (Å²) in [7, 11) is 1.82. The van der Waals surface area contributed by atoms with Crippen molar-refractivity contribution in [1.82, 2.24) is 9.80 Å². The molecule has 2 N–H and O–H groups in total. The number of likely N-dealkylation sites (tertiary alicyclic amines) is 1. The Labute approximate surface area is 117 Å². The molecule has 3 aliphatic rings. The van der Waals surface area contributed by atoms with Gasteiger partial charge in [0, 0.05) is 38.4 Å². The van der Waals surface area contributed by atoms with Gasteiger partial charge in [0.1, 0.15) is 0 Å². The van der Waals surface area contributed by atoms with Crippen LogP contribution < -0.4 is 5.73 Å². The Morgan fingerprint density at radius 3 is 2.63 bits per heavy atom. The topological polar surface area (TPSA) is 41.7 Å². The third-order valence-corrected chi connectivity index (χ3v) is 5.82. The van der Waals surface area contributed by atoms with E-state index in [0.717, 1.165) is 25.1 Å². The first kappa shape index (κ1) is 13.8. The predicted octanol–water partition coefficient (Wildman–Crippen LogP) is 0.910. The molecule has 2 unspecified atom stereocenters. The van der Waals surface area contributed by atoms with Gasteiger partial charge in [-0.3, -0.25) is 9.80 Å². The van der Waals surface area contributed by atoms with Gasteiger partial charge in [0.15, 0.2) is 0 Å². The molecule has 3 saturated heterocycles. The number of ether oxygens (including phenoxy) is 1. The molecule has 0 bridgehead atoms. The van der Waals surface area contributed by atoms with Crippen molar-refractivity contribution in [3.05, 3.63) is 0 Å². The normalized spacial score (nSPS) is 37.9. The largest absolute Gasteiger partial charge is 0.384 e. The molecule has 0 aromatic carbocycles. The number of hydrogen-bond acceptors (Lipinski definition) is 4. The van der Waals surface area contributed by atoms with Crippen molar-refractivity contribution in [2.45, 2.75) is 43.7 Å². The van der Waals surface area contributed by atoms with Crippen LogP contribution in [0, 0.1) is 5.92 Å². The second kappa shape index (κ2) is 5.68. The molecule has 3 rings (SSSR count). The Morgan fingerprint density at radius 2 is 1.95 bits per heavy atom. The molecule has 0 saturated carbocycles. The van der Waals surface area contributed by atoms with Crippen LogP contribution in [0.3, 0.4) is 0 Å². The molecule has 19 heavy (non-hydrogen) atoms. The van der Waals surface area contributed by atoms with Gasteiger partial charge in [-0.05, 0) is 57.7 Å². The zero-order chi connectivity index (χ0) is 13.3. The lowest BCUT2D eigenvalue weighted by atomic mass is 9.83. The molecule has 0 aromatic heterocycles. The summed E-state index contributed by atoms with van der Waals surface area (Å²) in [4.78, 5) is 5.42. The molecule has 0 spiro atoms. The molecule has 3 aliphatic heterocycles. The number of nitrogens with zero attached hydrogens (tertiary/aromatic N) is 2. The van der Waals surface area contributed by atoms with E-state index in [4.69, 9.17) is 10.5 Å². The lowest BCUT2D eigenvalue weighted by Gasteiger charge is -2.47. The third kappa shape index (κ3) is 2.33. The van der Waals surface area contributed by atoms with Gasteiger partial charge >= 0.3 is 0 Å². The molecule has 0 aliphatic carbocycles. The third-order valence-electron chi connectivity index (χ3n) is 5.82. The van der Waals surface area contributed by atoms with Crippen LogP contribution in [0.25, 0.3) is 0 Å². The molecule has 2 atom stereocenters. The molecule has 0 radical (unpaired) electrons. The Kier molecular flexibility index (Phi) is 4.13. The van der Waals surface area contributed by atoms with Crippen LogP contribution in [-0.4, -0.2) is 67.8 Å². The minimum atomic E-state index is 0.286. The summed E-state index contributed by atoms with van der Waals surface area (Å²) < 4.78 is 5.31. The molecule has 4 heteroatoms. The van der Waals surface area contributed by atoms with E-state index in [1.165, 1.54) is 58.3 Å². The molecule has 0 aromatic rings. The van der Waals surface area contributed by atoms with Crippen molar-refractivity contribution >= 4 is 0 Å². The SMILES string of the molecule is COCC1CCN(C2(CN)CCN3CCCC32)CC1. The summed E-state index contributed by atoms with van der Waals surface area (Å²) in [5, 5.41) is 0. The van der Waals surface area contributed by atoms with Crippen molar-refractivity contribution in [1.29, 1.82) is 0 Å². The second-order valence-electron chi connectivity index (χ2n) is 6.64. The number of rotatable bonds is 4. The quantitative estimate of drug-likeness (QED) is 0.822. The standard InChI is InChI=1S/C15H29N3O/c1-19-11-13-4-8-18(9-5-13)15(12-16)6-10-17-7-2-3-14(15)17/h13-14H,2-12,16H2,1H3. The van der Waals surface area contributed by atoms with Gasteiger partial charge in [0.2, 0.25) is 0 Å². The summed E-state index contributed by atoms with van der Waals surface area (Å²) in [5.41, 5.74) is 6.54. The Balaban J connectivity index is 1.66. The van der Waals surface area contributed by atoms with Crippen molar-refractivity contribution in [2.24, 2.45) is 11.7 Å². The molecular weight excluding hydrogens is 238 g/mol. The Bertz CT molecular complexity index is 304. The van der Waals surface area contributed by atoms with Gasteiger partial charge in [-0.2, -0.15) is 0 Å². The van der Waals surface area contributed by atoms with Crippen LogP contribution in [0.2, 0.25) is 0 Å². The first-order chi connectivity index (χ1) is 9.30. The summed E-state index contributed by atoms with van der Waals surface area (Å²) in [5.74, 6) is 0.761. The fourth-order valence-corrected chi connectivity index (χ4v) is 4.72. The van der Waals surface area contributed by atoms with Crippen LogP contribution >= 0.6 is 0 Å². The zero-order valence-electron chi connectivity index (χ0n) is 12.3. The van der Waals surface area contributed by atoms with Gasteiger partial charge in [0.25, 0.3) is 0 Å². The van der Waals surface area contributed by atoms with Gasteiger partial charge in [-0.1, -0.05) is 0 Å². The summed E-state index contributed by atoms with van der Waals surface area (Å²) in [6.45, 7) is 6.76. The molecule has 3 fully saturated rings. The second-order valence-corrected chi connectivity index (χ2v) is 6.64. The van der Waals surface area contributed by atoms with Crippen LogP contribution in [0.4, 0.5) is 0 Å². The first-order valence-corrected chi connectivity index (χ1v) is 7.98. The fraction of sp³-hybridized carbons (Fsp3) is 1.00. The fourth-order valence-electron chi connectivity index (χ4n) is 4.72.